The fourth-order valence-electron chi connectivity index (χ4n) is 3.27. The van der Waals surface area contributed by atoms with Crippen LogP contribution in [0.2, 0.25) is 0 Å². The Morgan fingerprint density at radius 2 is 1.50 bits per heavy atom. The van der Waals surface area contributed by atoms with Crippen molar-refractivity contribution in [3.63, 3.8) is 0 Å². The Hall–Kier alpha value is -3.52. The van der Waals surface area contributed by atoms with Crippen molar-refractivity contribution in [2.45, 2.75) is 44.6 Å². The maximum absolute atomic E-state index is 12.7. The molecule has 0 radical (unpaired) electrons. The monoisotopic (exact) mass is 482 g/mol. The molecule has 0 bridgehead atoms. The summed E-state index contributed by atoms with van der Waals surface area (Å²) < 4.78 is 39.2. The van der Waals surface area contributed by atoms with Crippen molar-refractivity contribution in [3.05, 3.63) is 78.4 Å². The van der Waals surface area contributed by atoms with E-state index in [2.05, 4.69) is 23.9 Å². The molecular formula is C26H30N2O5S. The molecule has 3 aromatic rings. The van der Waals surface area contributed by atoms with E-state index in [9.17, 15) is 13.2 Å². The van der Waals surface area contributed by atoms with Crippen LogP contribution in [0.3, 0.4) is 0 Å². The van der Waals surface area contributed by atoms with Crippen molar-refractivity contribution < 1.29 is 22.7 Å². The lowest BCUT2D eigenvalue weighted by Gasteiger charge is -2.18. The summed E-state index contributed by atoms with van der Waals surface area (Å²) >= 11 is 0. The number of nitrogens with one attached hydrogen (secondary N) is 2. The summed E-state index contributed by atoms with van der Waals surface area (Å²) in [6.07, 6.45) is -0.732. The quantitative estimate of drug-likeness (QED) is 0.403. The van der Waals surface area contributed by atoms with Crippen molar-refractivity contribution in [1.82, 2.24) is 0 Å². The number of anilines is 2. The smallest absolute Gasteiger partial charge is 0.265 e. The standard InChI is InChI=1S/C26H30N2O5S/c1-5-32-22-14-10-21(11-15-22)28-34(30,31)23-16-12-20(13-17-23)27-26(29)19(4)33-25-9-7-6-8-24(25)18(2)3/h6-19,28H,5H2,1-4H3,(H,27,29)/t19-/m1/s1. The SMILES string of the molecule is CCOc1ccc(NS(=O)(=O)c2ccc(NC(=O)[C@@H](C)Oc3ccccc3C(C)C)cc2)cc1. The molecule has 3 rings (SSSR count). The molecule has 1 atom stereocenters. The summed E-state index contributed by atoms with van der Waals surface area (Å²) in [6, 6.07) is 20.2. The maximum Gasteiger partial charge on any atom is 0.265 e. The zero-order valence-corrected chi connectivity index (χ0v) is 20.6. The number of rotatable bonds is 10. The van der Waals surface area contributed by atoms with Crippen molar-refractivity contribution in [3.8, 4) is 11.5 Å². The van der Waals surface area contributed by atoms with Crippen LogP contribution in [0.1, 0.15) is 39.2 Å². The summed E-state index contributed by atoms with van der Waals surface area (Å²) in [6.45, 7) is 8.21. The average molecular weight is 483 g/mol. The molecule has 0 aliphatic rings. The van der Waals surface area contributed by atoms with Gasteiger partial charge in [-0.1, -0.05) is 32.0 Å². The second kappa shape index (κ2) is 11.1. The molecule has 0 aliphatic heterocycles. The fourth-order valence-corrected chi connectivity index (χ4v) is 4.33. The molecule has 8 heteroatoms. The van der Waals surface area contributed by atoms with E-state index in [1.165, 1.54) is 12.1 Å². The highest BCUT2D eigenvalue weighted by molar-refractivity contribution is 7.92. The summed E-state index contributed by atoms with van der Waals surface area (Å²) in [5.74, 6) is 1.26. The summed E-state index contributed by atoms with van der Waals surface area (Å²) in [7, 11) is -3.78. The third kappa shape index (κ3) is 6.51. The van der Waals surface area contributed by atoms with Gasteiger partial charge >= 0.3 is 0 Å². The van der Waals surface area contributed by atoms with Crippen LogP contribution in [-0.2, 0) is 14.8 Å². The van der Waals surface area contributed by atoms with E-state index in [1.54, 1.807) is 43.3 Å². The molecule has 180 valence electrons. The highest BCUT2D eigenvalue weighted by atomic mass is 32.2. The van der Waals surface area contributed by atoms with Crippen molar-refractivity contribution in [2.75, 3.05) is 16.6 Å². The van der Waals surface area contributed by atoms with Gasteiger partial charge in [-0.25, -0.2) is 8.42 Å². The Morgan fingerprint density at radius 1 is 0.882 bits per heavy atom. The summed E-state index contributed by atoms with van der Waals surface area (Å²) in [5.41, 5.74) is 1.92. The van der Waals surface area contributed by atoms with Crippen LogP contribution in [0, 0.1) is 0 Å². The lowest BCUT2D eigenvalue weighted by molar-refractivity contribution is -0.122. The maximum atomic E-state index is 12.7. The molecule has 0 saturated carbocycles. The van der Waals surface area contributed by atoms with E-state index in [1.807, 2.05) is 31.2 Å². The zero-order valence-electron chi connectivity index (χ0n) is 19.7. The molecule has 0 spiro atoms. The third-order valence-electron chi connectivity index (χ3n) is 5.06. The Bertz CT molecular complexity index is 1210. The Labute approximate surface area is 201 Å². The molecule has 0 aromatic heterocycles. The van der Waals surface area contributed by atoms with Crippen LogP contribution in [0.4, 0.5) is 11.4 Å². The third-order valence-corrected chi connectivity index (χ3v) is 6.46. The highest BCUT2D eigenvalue weighted by Crippen LogP contribution is 2.27. The van der Waals surface area contributed by atoms with Gasteiger partial charge in [0, 0.05) is 11.4 Å². The first-order valence-electron chi connectivity index (χ1n) is 11.1. The number of carbonyl (C=O) groups excluding carboxylic acids is 1. The van der Waals surface area contributed by atoms with E-state index >= 15 is 0 Å². The van der Waals surface area contributed by atoms with Gasteiger partial charge in [0.15, 0.2) is 6.10 Å². The van der Waals surface area contributed by atoms with Crippen molar-refractivity contribution in [2.24, 2.45) is 0 Å². The molecule has 0 fully saturated rings. The number of para-hydroxylation sites is 1. The van der Waals surface area contributed by atoms with Gasteiger partial charge in [0.25, 0.3) is 15.9 Å². The van der Waals surface area contributed by atoms with Gasteiger partial charge < -0.3 is 14.8 Å². The van der Waals surface area contributed by atoms with Gasteiger partial charge in [-0.2, -0.15) is 0 Å². The minimum absolute atomic E-state index is 0.0783. The van der Waals surface area contributed by atoms with E-state index in [-0.39, 0.29) is 16.7 Å². The molecule has 0 aliphatic carbocycles. The van der Waals surface area contributed by atoms with Crippen LogP contribution in [0.5, 0.6) is 11.5 Å². The second-order valence-corrected chi connectivity index (χ2v) is 9.71. The first-order valence-corrected chi connectivity index (χ1v) is 12.6. The number of ether oxygens (including phenoxy) is 2. The molecular weight excluding hydrogens is 452 g/mol. The largest absolute Gasteiger partial charge is 0.494 e. The van der Waals surface area contributed by atoms with E-state index < -0.39 is 16.1 Å². The van der Waals surface area contributed by atoms with Gasteiger partial charge in [-0.15, -0.1) is 0 Å². The Morgan fingerprint density at radius 3 is 2.12 bits per heavy atom. The molecule has 1 amide bonds. The Kier molecular flexibility index (Phi) is 8.17. The molecule has 3 aromatic carbocycles. The molecule has 34 heavy (non-hydrogen) atoms. The predicted molar refractivity (Wildman–Crippen MR) is 134 cm³/mol. The molecule has 7 nitrogen and oxygen atoms in total. The predicted octanol–water partition coefficient (Wildman–Crippen LogP) is 5.42. The first-order chi connectivity index (χ1) is 16.2. The molecule has 0 unspecified atom stereocenters. The minimum atomic E-state index is -3.78. The molecule has 0 heterocycles. The average Bonchev–Trinajstić information content (AvgIpc) is 2.81. The minimum Gasteiger partial charge on any atom is -0.494 e. The highest BCUT2D eigenvalue weighted by Gasteiger charge is 2.19. The number of amides is 1. The van der Waals surface area contributed by atoms with Gasteiger partial charge in [0.1, 0.15) is 11.5 Å². The lowest BCUT2D eigenvalue weighted by atomic mass is 10.0. The lowest BCUT2D eigenvalue weighted by Crippen LogP contribution is -2.30. The normalized spacial score (nSPS) is 12.1. The van der Waals surface area contributed by atoms with E-state index in [0.29, 0.717) is 29.5 Å². The second-order valence-electron chi connectivity index (χ2n) is 8.03. The van der Waals surface area contributed by atoms with Crippen LogP contribution in [0.15, 0.2) is 77.7 Å². The molecule has 0 saturated heterocycles. The number of benzene rings is 3. The van der Waals surface area contributed by atoms with E-state index in [0.717, 1.165) is 5.56 Å². The van der Waals surface area contributed by atoms with Crippen LogP contribution >= 0.6 is 0 Å². The van der Waals surface area contributed by atoms with Crippen LogP contribution in [-0.4, -0.2) is 27.0 Å². The van der Waals surface area contributed by atoms with Crippen LogP contribution in [0.25, 0.3) is 0 Å². The number of sulfonamides is 1. The van der Waals surface area contributed by atoms with Gasteiger partial charge in [-0.3, -0.25) is 9.52 Å². The topological polar surface area (TPSA) is 93.7 Å². The van der Waals surface area contributed by atoms with Crippen molar-refractivity contribution >= 4 is 27.3 Å². The Balaban J connectivity index is 1.63. The molecule has 2 N–H and O–H groups in total. The van der Waals surface area contributed by atoms with Crippen molar-refractivity contribution in [1.29, 1.82) is 0 Å². The van der Waals surface area contributed by atoms with Gasteiger partial charge in [0.05, 0.1) is 11.5 Å². The van der Waals surface area contributed by atoms with Gasteiger partial charge in [0.2, 0.25) is 0 Å². The summed E-state index contributed by atoms with van der Waals surface area (Å²) in [5, 5.41) is 2.76. The number of hydrogen-bond donors (Lipinski definition) is 2. The zero-order chi connectivity index (χ0) is 24.7. The van der Waals surface area contributed by atoms with E-state index in [4.69, 9.17) is 9.47 Å². The first kappa shape index (κ1) is 25.1. The van der Waals surface area contributed by atoms with Crippen LogP contribution < -0.4 is 19.5 Å². The fraction of sp³-hybridized carbons (Fsp3) is 0.269. The summed E-state index contributed by atoms with van der Waals surface area (Å²) in [4.78, 5) is 12.7. The van der Waals surface area contributed by atoms with Gasteiger partial charge in [-0.05, 0) is 79.9 Å². The number of carbonyl (C=O) groups is 1. The number of hydrogen-bond acceptors (Lipinski definition) is 5.